The van der Waals surface area contributed by atoms with Crippen molar-refractivity contribution in [2.24, 2.45) is 5.11 Å². The minimum absolute atomic E-state index is 0.154. The van der Waals surface area contributed by atoms with Crippen LogP contribution in [0.1, 0.15) is 11.9 Å². The van der Waals surface area contributed by atoms with Crippen LogP contribution >= 0.6 is 0 Å². The van der Waals surface area contributed by atoms with Crippen LogP contribution in [0.2, 0.25) is 0 Å². The molecular weight excluding hydrogens is 423 g/mol. The van der Waals surface area contributed by atoms with Crippen LogP contribution in [-0.4, -0.2) is 58.3 Å². The van der Waals surface area contributed by atoms with Crippen molar-refractivity contribution in [3.8, 4) is 0 Å². The van der Waals surface area contributed by atoms with Gasteiger partial charge in [-0.05, 0) is 5.53 Å². The van der Waals surface area contributed by atoms with Gasteiger partial charge >= 0.3 is 15.6 Å². The fourth-order valence-corrected chi connectivity index (χ4v) is 3.65. The fraction of sp³-hybridized carbons (Fsp3) is 0.600. The molecule has 10 nitrogen and oxygen atoms in total. The van der Waals surface area contributed by atoms with Crippen LogP contribution in [0.15, 0.2) is 35.4 Å². The predicted molar refractivity (Wildman–Crippen MR) is 88.5 cm³/mol. The van der Waals surface area contributed by atoms with Crippen LogP contribution < -0.4 is 0 Å². The zero-order valence-corrected chi connectivity index (χ0v) is 15.6. The summed E-state index contributed by atoms with van der Waals surface area (Å²) in [5, 5.41) is 3.33. The second-order valence-electron chi connectivity index (χ2n) is 6.11. The smallest absolute Gasteiger partial charge is 0.355 e. The molecule has 0 radical (unpaired) electrons. The van der Waals surface area contributed by atoms with Gasteiger partial charge in [-0.1, -0.05) is 35.4 Å². The Kier molecular flexibility index (Phi) is 6.33. The molecule has 2 saturated heterocycles. The lowest BCUT2D eigenvalue weighted by molar-refractivity contribution is -0.336. The predicted octanol–water partition coefficient (Wildman–Crippen LogP) is 2.39. The average Bonchev–Trinajstić information content (AvgIpc) is 2.69. The third kappa shape index (κ3) is 4.48. The van der Waals surface area contributed by atoms with Gasteiger partial charge in [-0.25, -0.2) is 0 Å². The lowest BCUT2D eigenvalue weighted by Crippen LogP contribution is -2.63. The van der Waals surface area contributed by atoms with E-state index >= 15 is 0 Å². The maximum atomic E-state index is 12.9. The SMILES string of the molecule is CO[C@H]1O[C@@H]2COC(c3ccccc3)O[C@H]2[C@@H](OS(=O)(=O)C(F)(F)F)[C@@H]1N=[N+]=[N-]. The van der Waals surface area contributed by atoms with Gasteiger partial charge in [-0.15, -0.1) is 0 Å². The fourth-order valence-electron chi connectivity index (χ4n) is 3.03. The topological polar surface area (TPSA) is 129 Å². The molecule has 0 N–H and O–H groups in total. The highest BCUT2D eigenvalue weighted by Gasteiger charge is 2.56. The summed E-state index contributed by atoms with van der Waals surface area (Å²) >= 11 is 0. The number of ether oxygens (including phenoxy) is 4. The number of benzene rings is 1. The van der Waals surface area contributed by atoms with E-state index in [4.69, 9.17) is 24.5 Å². The van der Waals surface area contributed by atoms with Gasteiger partial charge in [0.15, 0.2) is 12.6 Å². The molecule has 2 aliphatic heterocycles. The van der Waals surface area contributed by atoms with E-state index in [0.717, 1.165) is 7.11 Å². The summed E-state index contributed by atoms with van der Waals surface area (Å²) in [4.78, 5) is 2.54. The van der Waals surface area contributed by atoms with Crippen LogP contribution in [0, 0.1) is 0 Å². The normalized spacial score (nSPS) is 32.8. The highest BCUT2D eigenvalue weighted by Crippen LogP contribution is 2.38. The Bertz CT molecular complexity index is 864. The van der Waals surface area contributed by atoms with E-state index in [0.29, 0.717) is 5.56 Å². The van der Waals surface area contributed by atoms with Crippen molar-refractivity contribution in [3.63, 3.8) is 0 Å². The van der Waals surface area contributed by atoms with Gasteiger partial charge in [0.25, 0.3) is 0 Å². The number of hydrogen-bond donors (Lipinski definition) is 0. The van der Waals surface area contributed by atoms with E-state index in [1.54, 1.807) is 30.3 Å². The van der Waals surface area contributed by atoms with Crippen LogP contribution in [0.4, 0.5) is 13.2 Å². The second kappa shape index (κ2) is 8.44. The average molecular weight is 439 g/mol. The molecule has 0 bridgehead atoms. The minimum Gasteiger partial charge on any atom is -0.355 e. The number of hydrogen-bond acceptors (Lipinski definition) is 8. The first-order valence-electron chi connectivity index (χ1n) is 8.22. The van der Waals surface area contributed by atoms with Gasteiger partial charge < -0.3 is 18.9 Å². The monoisotopic (exact) mass is 439 g/mol. The second-order valence-corrected chi connectivity index (χ2v) is 7.68. The highest BCUT2D eigenvalue weighted by molar-refractivity contribution is 7.87. The van der Waals surface area contributed by atoms with E-state index in [1.807, 2.05) is 0 Å². The maximum Gasteiger partial charge on any atom is 0.523 e. The summed E-state index contributed by atoms with van der Waals surface area (Å²) in [5.74, 6) is 0. The Morgan fingerprint density at radius 2 is 1.93 bits per heavy atom. The molecule has 2 fully saturated rings. The van der Waals surface area contributed by atoms with Gasteiger partial charge in [0.1, 0.15) is 24.4 Å². The van der Waals surface area contributed by atoms with Gasteiger partial charge in [0, 0.05) is 17.6 Å². The van der Waals surface area contributed by atoms with Crippen molar-refractivity contribution in [1.29, 1.82) is 0 Å². The van der Waals surface area contributed by atoms with Gasteiger partial charge in [0.2, 0.25) is 0 Å². The van der Waals surface area contributed by atoms with Crippen LogP contribution in [0.25, 0.3) is 10.4 Å². The molecular formula is C15H16F3N3O7S. The van der Waals surface area contributed by atoms with E-state index in [1.165, 1.54) is 0 Å². The lowest BCUT2D eigenvalue weighted by atomic mass is 9.96. The molecule has 0 aromatic heterocycles. The van der Waals surface area contributed by atoms with Crippen molar-refractivity contribution in [1.82, 2.24) is 0 Å². The quantitative estimate of drug-likeness (QED) is 0.226. The number of alkyl halides is 3. The molecule has 1 aromatic rings. The molecule has 2 aliphatic rings. The van der Waals surface area contributed by atoms with E-state index in [9.17, 15) is 21.6 Å². The van der Waals surface area contributed by atoms with Crippen molar-refractivity contribution in [2.75, 3.05) is 13.7 Å². The molecule has 0 aliphatic carbocycles. The standard InChI is InChI=1S/C15H16F3N3O7S/c1-24-14-10(20-21-19)12(28-29(22,23)15(16,17)18)11-9(26-14)7-25-13(27-11)8-5-3-2-4-6-8/h2-6,9-14H,7H2,1H3/t9-,10+,11-,12+,13?,14+/m1/s1. The van der Waals surface area contributed by atoms with E-state index in [2.05, 4.69) is 14.2 Å². The van der Waals surface area contributed by atoms with Crippen LogP contribution in [-0.2, 0) is 33.2 Å². The number of fused-ring (bicyclic) bond motifs is 1. The molecule has 14 heteroatoms. The lowest BCUT2D eigenvalue weighted by Gasteiger charge is -2.47. The van der Waals surface area contributed by atoms with E-state index in [-0.39, 0.29) is 6.61 Å². The number of nitrogens with zero attached hydrogens (tertiary/aromatic N) is 3. The Labute approximate surface area is 163 Å². The van der Waals surface area contributed by atoms with Crippen LogP contribution in [0.5, 0.6) is 0 Å². The molecule has 0 amide bonds. The minimum atomic E-state index is -6.03. The number of azide groups is 1. The number of methoxy groups -OCH3 is 1. The van der Waals surface area contributed by atoms with Crippen molar-refractivity contribution < 1.29 is 44.7 Å². The molecule has 0 saturated carbocycles. The third-order valence-corrected chi connectivity index (χ3v) is 5.36. The Morgan fingerprint density at radius 1 is 1.24 bits per heavy atom. The first-order chi connectivity index (χ1) is 13.7. The Balaban J connectivity index is 1.96. The van der Waals surface area contributed by atoms with Gasteiger partial charge in [-0.3, -0.25) is 4.18 Å². The van der Waals surface area contributed by atoms with E-state index < -0.39 is 52.6 Å². The Morgan fingerprint density at radius 3 is 2.52 bits per heavy atom. The molecule has 29 heavy (non-hydrogen) atoms. The maximum absolute atomic E-state index is 12.9. The van der Waals surface area contributed by atoms with Crippen molar-refractivity contribution in [3.05, 3.63) is 46.3 Å². The first-order valence-corrected chi connectivity index (χ1v) is 9.63. The van der Waals surface area contributed by atoms with Crippen molar-refractivity contribution in [2.45, 2.75) is 42.4 Å². The summed E-state index contributed by atoms with van der Waals surface area (Å²) < 4.78 is 88.1. The molecule has 3 rings (SSSR count). The van der Waals surface area contributed by atoms with Gasteiger partial charge in [0.05, 0.1) is 6.61 Å². The molecule has 1 aromatic carbocycles. The summed E-state index contributed by atoms with van der Waals surface area (Å²) in [6.45, 7) is -0.154. The van der Waals surface area contributed by atoms with Crippen molar-refractivity contribution >= 4 is 10.1 Å². The van der Waals surface area contributed by atoms with Crippen LogP contribution in [0.3, 0.4) is 0 Å². The first kappa shape index (κ1) is 21.8. The zero-order valence-electron chi connectivity index (χ0n) is 14.8. The molecule has 2 heterocycles. The molecule has 0 spiro atoms. The van der Waals surface area contributed by atoms with Gasteiger partial charge in [-0.2, -0.15) is 21.6 Å². The molecule has 6 atom stereocenters. The Hall–Kier alpha value is -1.93. The summed E-state index contributed by atoms with van der Waals surface area (Å²) in [6.07, 6.45) is -6.64. The summed E-state index contributed by atoms with van der Waals surface area (Å²) in [5.41, 5.74) is 3.64. The zero-order chi connectivity index (χ0) is 21.2. The largest absolute Gasteiger partial charge is 0.523 e. The molecule has 1 unspecified atom stereocenters. The third-order valence-electron chi connectivity index (χ3n) is 4.32. The summed E-state index contributed by atoms with van der Waals surface area (Å²) in [6, 6.07) is 6.86. The molecule has 160 valence electrons. The number of halogens is 3. The number of rotatable bonds is 5. The highest BCUT2D eigenvalue weighted by atomic mass is 32.2. The summed E-state index contributed by atoms with van der Waals surface area (Å²) in [7, 11) is -4.88.